The van der Waals surface area contributed by atoms with E-state index in [1.165, 1.54) is 36.0 Å². The summed E-state index contributed by atoms with van der Waals surface area (Å²) in [7, 11) is 0. The number of pyridine rings is 1. The maximum Gasteiger partial charge on any atom is 0.408 e. The Hall–Kier alpha value is -3.45. The van der Waals surface area contributed by atoms with Crippen molar-refractivity contribution in [3.05, 3.63) is 83.7 Å². The van der Waals surface area contributed by atoms with Gasteiger partial charge in [-0.05, 0) is 117 Å². The van der Waals surface area contributed by atoms with Crippen LogP contribution in [0.25, 0.3) is 5.57 Å². The molecule has 1 aromatic carbocycles. The Balaban J connectivity index is 1.12. The van der Waals surface area contributed by atoms with Crippen molar-refractivity contribution in [2.75, 3.05) is 0 Å². The SMILES string of the molecule is CC(C)(C)OC(=O)NC(C(=O)ONC1C=C2CC[C@H]3[C@H](CC[C@]4(C)C(c5cccnc5)=CC[C@@H]34)[C@@]2(C)CC1)c1ccccc1. The highest BCUT2D eigenvalue weighted by Crippen LogP contribution is 2.66. The Morgan fingerprint density at radius 2 is 1.75 bits per heavy atom. The van der Waals surface area contributed by atoms with Gasteiger partial charge in [0, 0.05) is 12.4 Å². The Morgan fingerprint density at radius 1 is 0.977 bits per heavy atom. The first-order valence-electron chi connectivity index (χ1n) is 16.3. The summed E-state index contributed by atoms with van der Waals surface area (Å²) < 4.78 is 5.41. The second-order valence-electron chi connectivity index (χ2n) is 14.8. The van der Waals surface area contributed by atoms with Crippen molar-refractivity contribution < 1.29 is 19.2 Å². The highest BCUT2D eigenvalue weighted by Gasteiger charge is 2.57. The lowest BCUT2D eigenvalue weighted by Crippen LogP contribution is -2.51. The third-order valence-electron chi connectivity index (χ3n) is 11.0. The zero-order chi connectivity index (χ0) is 31.1. The number of benzene rings is 1. The van der Waals surface area contributed by atoms with Gasteiger partial charge in [0.15, 0.2) is 6.04 Å². The molecule has 4 aliphatic carbocycles. The maximum atomic E-state index is 13.3. The summed E-state index contributed by atoms with van der Waals surface area (Å²) in [5.74, 6) is 1.50. The highest BCUT2D eigenvalue weighted by molar-refractivity contribution is 5.82. The van der Waals surface area contributed by atoms with E-state index in [9.17, 15) is 9.59 Å². The largest absolute Gasteiger partial charge is 0.444 e. The molecular weight excluding hydrogens is 550 g/mol. The highest BCUT2D eigenvalue weighted by atomic mass is 16.7. The number of allylic oxidation sites excluding steroid dienone is 3. The van der Waals surface area contributed by atoms with Gasteiger partial charge in [0.25, 0.3) is 0 Å². The Kier molecular flexibility index (Phi) is 8.20. The number of carbonyl (C=O) groups excluding carboxylic acids is 2. The van der Waals surface area contributed by atoms with E-state index >= 15 is 0 Å². The number of ether oxygens (including phenoxy) is 1. The van der Waals surface area contributed by atoms with Crippen LogP contribution in [0.1, 0.15) is 96.7 Å². The summed E-state index contributed by atoms with van der Waals surface area (Å²) in [5, 5.41) is 2.70. The van der Waals surface area contributed by atoms with Gasteiger partial charge in [-0.2, -0.15) is 0 Å². The number of hydrogen-bond donors (Lipinski definition) is 2. The van der Waals surface area contributed by atoms with Crippen LogP contribution in [-0.4, -0.2) is 28.7 Å². The zero-order valence-electron chi connectivity index (χ0n) is 26.8. The number of aromatic nitrogens is 1. The minimum Gasteiger partial charge on any atom is -0.444 e. The molecule has 0 radical (unpaired) electrons. The monoisotopic (exact) mass is 597 g/mol. The van der Waals surface area contributed by atoms with E-state index in [1.54, 1.807) is 32.9 Å². The lowest BCUT2D eigenvalue weighted by atomic mass is 9.46. The van der Waals surface area contributed by atoms with Crippen LogP contribution in [0.4, 0.5) is 4.79 Å². The fourth-order valence-corrected chi connectivity index (χ4v) is 8.90. The van der Waals surface area contributed by atoms with Gasteiger partial charge in [-0.3, -0.25) is 4.98 Å². The molecule has 2 aromatic rings. The van der Waals surface area contributed by atoms with Gasteiger partial charge in [0.2, 0.25) is 0 Å². The minimum absolute atomic E-state index is 0.0595. The summed E-state index contributed by atoms with van der Waals surface area (Å²) in [4.78, 5) is 35.9. The fraction of sp³-hybridized carbons (Fsp3) is 0.541. The van der Waals surface area contributed by atoms with E-state index < -0.39 is 23.7 Å². The van der Waals surface area contributed by atoms with Gasteiger partial charge in [0.1, 0.15) is 5.60 Å². The Bertz CT molecular complexity index is 1430. The fourth-order valence-electron chi connectivity index (χ4n) is 8.90. The first-order valence-corrected chi connectivity index (χ1v) is 16.3. The Morgan fingerprint density at radius 3 is 2.48 bits per heavy atom. The van der Waals surface area contributed by atoms with E-state index in [0.717, 1.165) is 25.7 Å². The molecule has 0 bridgehead atoms. The molecule has 2 fully saturated rings. The van der Waals surface area contributed by atoms with E-state index in [4.69, 9.17) is 9.57 Å². The molecular formula is C37H47N3O4. The van der Waals surface area contributed by atoms with Crippen LogP contribution in [-0.2, 0) is 14.4 Å². The Labute approximate surface area is 261 Å². The van der Waals surface area contributed by atoms with Gasteiger partial charge >= 0.3 is 12.1 Å². The molecule has 1 heterocycles. The number of nitrogens with one attached hydrogen (secondary N) is 2. The number of fused-ring (bicyclic) bond motifs is 5. The molecule has 1 aromatic heterocycles. The third-order valence-corrected chi connectivity index (χ3v) is 11.0. The number of rotatable bonds is 6. The molecule has 2 saturated carbocycles. The summed E-state index contributed by atoms with van der Waals surface area (Å²) in [5.41, 5.74) is 7.70. The van der Waals surface area contributed by atoms with Crippen molar-refractivity contribution in [2.24, 2.45) is 28.6 Å². The van der Waals surface area contributed by atoms with Gasteiger partial charge < -0.3 is 14.9 Å². The quantitative estimate of drug-likeness (QED) is 0.262. The molecule has 7 heteroatoms. The molecule has 0 spiro atoms. The molecule has 2 N–H and O–H groups in total. The van der Waals surface area contributed by atoms with Crippen molar-refractivity contribution in [3.8, 4) is 0 Å². The number of carbonyl (C=O) groups is 2. The average molecular weight is 598 g/mol. The topological polar surface area (TPSA) is 89.5 Å². The van der Waals surface area contributed by atoms with E-state index in [0.29, 0.717) is 23.3 Å². The van der Waals surface area contributed by atoms with Crippen LogP contribution in [0.15, 0.2) is 72.6 Å². The number of hydrogen-bond acceptors (Lipinski definition) is 6. The smallest absolute Gasteiger partial charge is 0.408 e. The molecule has 0 saturated heterocycles. The number of alkyl carbamates (subject to hydrolysis) is 1. The summed E-state index contributed by atoms with van der Waals surface area (Å²) >= 11 is 0. The summed E-state index contributed by atoms with van der Waals surface area (Å²) in [6.07, 6.45) is 16.0. The van der Waals surface area contributed by atoms with Crippen LogP contribution < -0.4 is 10.8 Å². The third kappa shape index (κ3) is 5.83. The van der Waals surface area contributed by atoms with Crippen LogP contribution in [0, 0.1) is 28.6 Å². The molecule has 234 valence electrons. The average Bonchev–Trinajstić information content (AvgIpc) is 3.36. The van der Waals surface area contributed by atoms with Crippen molar-refractivity contribution >= 4 is 17.6 Å². The minimum atomic E-state index is -0.983. The zero-order valence-corrected chi connectivity index (χ0v) is 26.8. The van der Waals surface area contributed by atoms with Gasteiger partial charge in [-0.1, -0.05) is 68.0 Å². The predicted octanol–water partition coefficient (Wildman–Crippen LogP) is 7.72. The lowest BCUT2D eigenvalue weighted by molar-refractivity contribution is -0.155. The van der Waals surface area contributed by atoms with Crippen molar-refractivity contribution in [1.82, 2.24) is 15.8 Å². The second kappa shape index (κ2) is 11.8. The van der Waals surface area contributed by atoms with E-state index in [1.807, 2.05) is 30.6 Å². The molecule has 7 atom stereocenters. The number of amides is 1. The van der Waals surface area contributed by atoms with Gasteiger partial charge in [-0.25, -0.2) is 9.59 Å². The van der Waals surface area contributed by atoms with Crippen LogP contribution >= 0.6 is 0 Å². The van der Waals surface area contributed by atoms with Gasteiger partial charge in [-0.15, -0.1) is 5.48 Å². The normalized spacial score (nSPS) is 31.8. The van der Waals surface area contributed by atoms with Gasteiger partial charge in [0.05, 0.1) is 6.04 Å². The lowest BCUT2D eigenvalue weighted by Gasteiger charge is -2.58. The van der Waals surface area contributed by atoms with E-state index in [-0.39, 0.29) is 16.9 Å². The molecule has 6 rings (SSSR count). The second-order valence-corrected chi connectivity index (χ2v) is 14.8. The molecule has 4 aliphatic rings. The number of hydroxylamine groups is 1. The number of nitrogens with zero attached hydrogens (tertiary/aromatic N) is 1. The predicted molar refractivity (Wildman–Crippen MR) is 171 cm³/mol. The molecule has 0 aliphatic heterocycles. The van der Waals surface area contributed by atoms with Crippen LogP contribution in [0.5, 0.6) is 0 Å². The van der Waals surface area contributed by atoms with Crippen LogP contribution in [0.2, 0.25) is 0 Å². The van der Waals surface area contributed by atoms with Crippen molar-refractivity contribution in [1.29, 1.82) is 0 Å². The summed E-state index contributed by atoms with van der Waals surface area (Å²) in [6.45, 7) is 10.4. The standard InChI is InChI=1S/C37H47N3O4/c1-35(2,3)43-34(42)39-32(24-10-7-6-8-11-24)33(41)44-40-27-17-19-36(4)26(22-27)13-14-28-30-16-15-29(25-12-9-21-38-23-25)37(30,5)20-18-31(28)36/h6-12,15,21-23,27-28,30-32,40H,13-14,16-20H2,1-5H3,(H,39,42)/t27?,28-,30+,31+,32?,36+,37-/m1/s1. The first kappa shape index (κ1) is 30.6. The van der Waals surface area contributed by atoms with E-state index in [2.05, 4.69) is 53.9 Å². The first-order chi connectivity index (χ1) is 21.0. The van der Waals surface area contributed by atoms with Crippen molar-refractivity contribution in [3.63, 3.8) is 0 Å². The molecule has 2 unspecified atom stereocenters. The molecule has 1 amide bonds. The van der Waals surface area contributed by atoms with Crippen molar-refractivity contribution in [2.45, 2.75) is 97.2 Å². The molecule has 44 heavy (non-hydrogen) atoms. The van der Waals surface area contributed by atoms with Crippen LogP contribution in [0.3, 0.4) is 0 Å². The maximum absolute atomic E-state index is 13.3. The summed E-state index contributed by atoms with van der Waals surface area (Å²) in [6, 6.07) is 12.4. The molecule has 7 nitrogen and oxygen atoms in total.